The quantitative estimate of drug-likeness (QED) is 0.571. The van der Waals surface area contributed by atoms with Crippen LogP contribution in [0.2, 0.25) is 15.1 Å². The van der Waals surface area contributed by atoms with E-state index in [1.807, 2.05) is 25.1 Å². The van der Waals surface area contributed by atoms with E-state index in [0.29, 0.717) is 39.7 Å². The highest BCUT2D eigenvalue weighted by molar-refractivity contribution is 7.99. The average molecular weight is 460 g/mol. The molecule has 0 aliphatic heterocycles. The molecule has 0 aromatic heterocycles. The van der Waals surface area contributed by atoms with E-state index in [0.717, 1.165) is 11.1 Å². The van der Waals surface area contributed by atoms with Gasteiger partial charge in [0.15, 0.2) is 0 Å². The Labute approximate surface area is 184 Å². The number of halogens is 3. The molecule has 0 bridgehead atoms. The van der Waals surface area contributed by atoms with Crippen molar-refractivity contribution in [2.45, 2.75) is 19.2 Å². The number of hydrogen-bond acceptors (Lipinski definition) is 3. The molecule has 2 rings (SSSR count). The monoisotopic (exact) mass is 458 g/mol. The van der Waals surface area contributed by atoms with Gasteiger partial charge in [0.05, 0.1) is 22.3 Å². The lowest BCUT2D eigenvalue weighted by atomic mass is 10.2. The van der Waals surface area contributed by atoms with Crippen LogP contribution >= 0.6 is 46.6 Å². The smallest absolute Gasteiger partial charge is 0.239 e. The number of hydrogen-bond donors (Lipinski definition) is 1. The molecule has 0 heterocycles. The first-order valence-electron chi connectivity index (χ1n) is 8.69. The number of likely N-dealkylation sites (N-methyl/N-ethyl adjacent to an activating group) is 1. The summed E-state index contributed by atoms with van der Waals surface area (Å²) in [5.41, 5.74) is 1.94. The van der Waals surface area contributed by atoms with Gasteiger partial charge in [-0.15, -0.1) is 11.8 Å². The van der Waals surface area contributed by atoms with Crippen molar-refractivity contribution in [3.05, 3.63) is 68.7 Å². The Balaban J connectivity index is 1.75. The molecule has 0 saturated heterocycles. The summed E-state index contributed by atoms with van der Waals surface area (Å²) in [5.74, 6) is 0.662. The predicted octanol–water partition coefficient (Wildman–Crippen LogP) is 5.04. The highest BCUT2D eigenvalue weighted by Crippen LogP contribution is 2.24. The second-order valence-corrected chi connectivity index (χ2v) is 8.29. The van der Waals surface area contributed by atoms with Crippen molar-refractivity contribution >= 4 is 58.4 Å². The van der Waals surface area contributed by atoms with Gasteiger partial charge in [-0.3, -0.25) is 9.59 Å². The van der Waals surface area contributed by atoms with Crippen LogP contribution in [0.3, 0.4) is 0 Å². The minimum atomic E-state index is -0.195. The topological polar surface area (TPSA) is 49.4 Å². The Morgan fingerprint density at radius 2 is 1.68 bits per heavy atom. The molecule has 8 heteroatoms. The normalized spacial score (nSPS) is 10.6. The predicted molar refractivity (Wildman–Crippen MR) is 118 cm³/mol. The van der Waals surface area contributed by atoms with Crippen LogP contribution in [-0.4, -0.2) is 35.6 Å². The summed E-state index contributed by atoms with van der Waals surface area (Å²) in [7, 11) is 0. The van der Waals surface area contributed by atoms with E-state index in [2.05, 4.69) is 5.32 Å². The van der Waals surface area contributed by atoms with Gasteiger partial charge in [0, 0.05) is 23.9 Å². The SMILES string of the molecule is CCN(CC(=O)NCc1ccc(Cl)cc1)C(=O)CSCc1ccc(Cl)c(Cl)c1. The van der Waals surface area contributed by atoms with Gasteiger partial charge in [-0.25, -0.2) is 0 Å². The minimum absolute atomic E-state index is 0.0380. The number of nitrogens with zero attached hydrogens (tertiary/aromatic N) is 1. The lowest BCUT2D eigenvalue weighted by Gasteiger charge is -2.20. The summed E-state index contributed by atoms with van der Waals surface area (Å²) < 4.78 is 0. The van der Waals surface area contributed by atoms with E-state index < -0.39 is 0 Å². The number of nitrogens with one attached hydrogen (secondary N) is 1. The Morgan fingerprint density at radius 1 is 1.00 bits per heavy atom. The molecule has 0 aliphatic carbocycles. The number of amides is 2. The first-order chi connectivity index (χ1) is 13.4. The van der Waals surface area contributed by atoms with E-state index >= 15 is 0 Å². The van der Waals surface area contributed by atoms with Gasteiger partial charge in [-0.2, -0.15) is 0 Å². The van der Waals surface area contributed by atoms with Crippen molar-refractivity contribution in [3.8, 4) is 0 Å². The van der Waals surface area contributed by atoms with Crippen molar-refractivity contribution in [2.24, 2.45) is 0 Å². The Hall–Kier alpha value is -1.40. The molecule has 0 atom stereocenters. The molecular weight excluding hydrogens is 439 g/mol. The summed E-state index contributed by atoms with van der Waals surface area (Å²) in [6.07, 6.45) is 0. The van der Waals surface area contributed by atoms with E-state index in [1.54, 1.807) is 29.2 Å². The summed E-state index contributed by atoms with van der Waals surface area (Å²) in [5, 5.41) is 4.48. The molecule has 2 amide bonds. The summed E-state index contributed by atoms with van der Waals surface area (Å²) in [4.78, 5) is 26.1. The third-order valence-electron chi connectivity index (χ3n) is 3.95. The average Bonchev–Trinajstić information content (AvgIpc) is 2.68. The van der Waals surface area contributed by atoms with Crippen molar-refractivity contribution in [1.82, 2.24) is 10.2 Å². The number of thioether (sulfide) groups is 1. The van der Waals surface area contributed by atoms with Gasteiger partial charge in [0.1, 0.15) is 0 Å². The molecule has 0 radical (unpaired) electrons. The molecule has 0 saturated carbocycles. The van der Waals surface area contributed by atoms with Crippen LogP contribution in [0.1, 0.15) is 18.1 Å². The van der Waals surface area contributed by atoms with Gasteiger partial charge in [0.25, 0.3) is 0 Å². The zero-order valence-electron chi connectivity index (χ0n) is 15.4. The van der Waals surface area contributed by atoms with Crippen molar-refractivity contribution in [2.75, 3.05) is 18.8 Å². The first-order valence-corrected chi connectivity index (χ1v) is 11.0. The summed E-state index contributed by atoms with van der Waals surface area (Å²) in [6, 6.07) is 12.7. The maximum absolute atomic E-state index is 12.4. The molecule has 2 aromatic carbocycles. The van der Waals surface area contributed by atoms with Crippen LogP contribution in [0, 0.1) is 0 Å². The maximum atomic E-state index is 12.4. The Kier molecular flexibility index (Phi) is 9.45. The van der Waals surface area contributed by atoms with Gasteiger partial charge < -0.3 is 10.2 Å². The van der Waals surface area contributed by atoms with Crippen molar-refractivity contribution in [3.63, 3.8) is 0 Å². The van der Waals surface area contributed by atoms with Gasteiger partial charge in [-0.1, -0.05) is 53.0 Å². The number of rotatable bonds is 9. The van der Waals surface area contributed by atoms with Crippen LogP contribution in [0.15, 0.2) is 42.5 Å². The standard InChI is InChI=1S/C20H21Cl3N2O2S/c1-2-25(11-19(26)24-10-14-3-6-16(21)7-4-14)20(27)13-28-12-15-5-8-17(22)18(23)9-15/h3-9H,2,10-13H2,1H3,(H,24,26). The van der Waals surface area contributed by atoms with Crippen LogP contribution in [0.5, 0.6) is 0 Å². The Morgan fingerprint density at radius 3 is 2.32 bits per heavy atom. The molecule has 2 aromatic rings. The van der Waals surface area contributed by atoms with Gasteiger partial charge in [0.2, 0.25) is 11.8 Å². The fraction of sp³-hybridized carbons (Fsp3) is 0.300. The summed E-state index contributed by atoms with van der Waals surface area (Å²) in [6.45, 7) is 2.76. The lowest BCUT2D eigenvalue weighted by molar-refractivity contribution is -0.133. The van der Waals surface area contributed by atoms with Crippen molar-refractivity contribution < 1.29 is 9.59 Å². The fourth-order valence-electron chi connectivity index (χ4n) is 2.39. The third kappa shape index (κ3) is 7.55. The zero-order chi connectivity index (χ0) is 20.5. The molecule has 0 fully saturated rings. The minimum Gasteiger partial charge on any atom is -0.350 e. The maximum Gasteiger partial charge on any atom is 0.239 e. The molecule has 4 nitrogen and oxygen atoms in total. The molecule has 1 N–H and O–H groups in total. The fourth-order valence-corrected chi connectivity index (χ4v) is 3.71. The van der Waals surface area contributed by atoms with Gasteiger partial charge in [-0.05, 0) is 42.3 Å². The first kappa shape index (κ1) is 22.9. The molecule has 28 heavy (non-hydrogen) atoms. The van der Waals surface area contributed by atoms with Crippen molar-refractivity contribution in [1.29, 1.82) is 0 Å². The lowest BCUT2D eigenvalue weighted by Crippen LogP contribution is -2.41. The van der Waals surface area contributed by atoms with Gasteiger partial charge >= 0.3 is 0 Å². The van der Waals surface area contributed by atoms with E-state index in [4.69, 9.17) is 34.8 Å². The molecule has 150 valence electrons. The second-order valence-electron chi connectivity index (χ2n) is 6.05. The largest absolute Gasteiger partial charge is 0.350 e. The highest BCUT2D eigenvalue weighted by Gasteiger charge is 2.15. The third-order valence-corrected chi connectivity index (χ3v) is 5.93. The van der Waals surface area contributed by atoms with Crippen LogP contribution in [0.4, 0.5) is 0 Å². The highest BCUT2D eigenvalue weighted by atomic mass is 35.5. The van der Waals surface area contributed by atoms with E-state index in [1.165, 1.54) is 11.8 Å². The molecule has 0 unspecified atom stereocenters. The van der Waals surface area contributed by atoms with E-state index in [9.17, 15) is 9.59 Å². The molecule has 0 spiro atoms. The van der Waals surface area contributed by atoms with Crippen LogP contribution in [0.25, 0.3) is 0 Å². The number of carbonyl (C=O) groups excluding carboxylic acids is 2. The van der Waals surface area contributed by atoms with E-state index in [-0.39, 0.29) is 18.4 Å². The second kappa shape index (κ2) is 11.6. The number of benzene rings is 2. The zero-order valence-corrected chi connectivity index (χ0v) is 18.5. The molecule has 0 aliphatic rings. The van der Waals surface area contributed by atoms with Crippen LogP contribution in [-0.2, 0) is 21.9 Å². The number of carbonyl (C=O) groups is 2. The summed E-state index contributed by atoms with van der Waals surface area (Å²) >= 11 is 19.2. The molecular formula is C20H21Cl3N2O2S. The van der Waals surface area contributed by atoms with Crippen LogP contribution < -0.4 is 5.32 Å². The Bertz CT molecular complexity index is 816.